The van der Waals surface area contributed by atoms with Gasteiger partial charge >= 0.3 is 0 Å². The molecular formula is C16H17BrClFN2. The molecule has 0 spiro atoms. The zero-order chi connectivity index (χ0) is 15.4. The van der Waals surface area contributed by atoms with Gasteiger partial charge in [-0.05, 0) is 47.3 Å². The second-order valence-electron chi connectivity index (χ2n) is 5.01. The Morgan fingerprint density at radius 1 is 1.24 bits per heavy atom. The van der Waals surface area contributed by atoms with Crippen LogP contribution in [0.25, 0.3) is 0 Å². The van der Waals surface area contributed by atoms with Gasteiger partial charge in [0.15, 0.2) is 0 Å². The highest BCUT2D eigenvalue weighted by molar-refractivity contribution is 9.10. The Hall–Kier alpha value is -0.940. The van der Waals surface area contributed by atoms with Crippen molar-refractivity contribution in [2.75, 3.05) is 0 Å². The Balaban J connectivity index is 2.13. The van der Waals surface area contributed by atoms with Crippen LogP contribution < -0.4 is 11.3 Å². The van der Waals surface area contributed by atoms with Crippen LogP contribution in [0.1, 0.15) is 29.2 Å². The van der Waals surface area contributed by atoms with Crippen molar-refractivity contribution in [3.63, 3.8) is 0 Å². The van der Waals surface area contributed by atoms with Gasteiger partial charge in [0.25, 0.3) is 0 Å². The summed E-state index contributed by atoms with van der Waals surface area (Å²) in [7, 11) is 0. The third kappa shape index (κ3) is 4.04. The fraction of sp³-hybridized carbons (Fsp3) is 0.250. The molecule has 2 rings (SSSR count). The monoisotopic (exact) mass is 370 g/mol. The minimum atomic E-state index is -0.433. The number of nitrogens with one attached hydrogen (secondary N) is 1. The van der Waals surface area contributed by atoms with Gasteiger partial charge in [-0.15, -0.1) is 0 Å². The van der Waals surface area contributed by atoms with Gasteiger partial charge in [-0.2, -0.15) is 0 Å². The van der Waals surface area contributed by atoms with Crippen molar-refractivity contribution in [3.05, 3.63) is 68.4 Å². The quantitative estimate of drug-likeness (QED) is 0.455. The van der Waals surface area contributed by atoms with Crippen LogP contribution in [0.2, 0.25) is 5.02 Å². The summed E-state index contributed by atoms with van der Waals surface area (Å²) < 4.78 is 14.8. The number of aryl methyl sites for hydroxylation is 2. The summed E-state index contributed by atoms with van der Waals surface area (Å²) in [4.78, 5) is 0. The zero-order valence-electron chi connectivity index (χ0n) is 11.7. The van der Waals surface area contributed by atoms with Crippen molar-refractivity contribution in [1.29, 1.82) is 0 Å². The van der Waals surface area contributed by atoms with Gasteiger partial charge in [0.1, 0.15) is 5.82 Å². The van der Waals surface area contributed by atoms with E-state index < -0.39 is 5.82 Å². The van der Waals surface area contributed by atoms with Gasteiger partial charge in [-0.25, -0.2) is 4.39 Å². The molecule has 5 heteroatoms. The predicted octanol–water partition coefficient (Wildman–Crippen LogP) is 4.69. The second-order valence-corrected chi connectivity index (χ2v) is 6.24. The largest absolute Gasteiger partial charge is 0.271 e. The van der Waals surface area contributed by atoms with Crippen molar-refractivity contribution in [2.45, 2.75) is 25.8 Å². The standard InChI is InChI=1S/C16H17BrClFN2/c1-10-2-4-11(5-3-10)6-9-14(21-20)12-7-8-13(17)15(18)16(12)19/h2-5,7-8,14,21H,6,9,20H2,1H3. The fourth-order valence-corrected chi connectivity index (χ4v) is 2.68. The van der Waals surface area contributed by atoms with E-state index in [1.807, 2.05) is 6.92 Å². The number of hydrazine groups is 1. The van der Waals surface area contributed by atoms with E-state index in [1.165, 1.54) is 11.1 Å². The van der Waals surface area contributed by atoms with E-state index in [2.05, 4.69) is 45.6 Å². The predicted molar refractivity (Wildman–Crippen MR) is 88.7 cm³/mol. The molecule has 0 bridgehead atoms. The SMILES string of the molecule is Cc1ccc(CCC(NN)c2ccc(Br)c(Cl)c2F)cc1. The maximum Gasteiger partial charge on any atom is 0.147 e. The molecule has 0 aliphatic heterocycles. The summed E-state index contributed by atoms with van der Waals surface area (Å²) in [6, 6.07) is 11.4. The highest BCUT2D eigenvalue weighted by Crippen LogP contribution is 2.31. The molecule has 0 fully saturated rings. The molecule has 3 N–H and O–H groups in total. The lowest BCUT2D eigenvalue weighted by atomic mass is 9.98. The van der Waals surface area contributed by atoms with Crippen molar-refractivity contribution in [3.8, 4) is 0 Å². The molecule has 1 unspecified atom stereocenters. The normalized spacial score (nSPS) is 12.4. The van der Waals surface area contributed by atoms with E-state index >= 15 is 0 Å². The minimum Gasteiger partial charge on any atom is -0.271 e. The average molecular weight is 372 g/mol. The molecule has 2 nitrogen and oxygen atoms in total. The van der Waals surface area contributed by atoms with Gasteiger partial charge in [0, 0.05) is 16.1 Å². The lowest BCUT2D eigenvalue weighted by Crippen LogP contribution is -2.29. The molecule has 0 heterocycles. The second kappa shape index (κ2) is 7.36. The lowest BCUT2D eigenvalue weighted by molar-refractivity contribution is 0.485. The van der Waals surface area contributed by atoms with Gasteiger partial charge in [0.05, 0.1) is 5.02 Å². The molecule has 0 amide bonds. The Bertz CT molecular complexity index is 616. The highest BCUT2D eigenvalue weighted by Gasteiger charge is 2.18. The Labute approximate surface area is 137 Å². The summed E-state index contributed by atoms with van der Waals surface area (Å²) in [6.07, 6.45) is 1.50. The molecule has 0 aliphatic rings. The van der Waals surface area contributed by atoms with Gasteiger partial charge in [0.2, 0.25) is 0 Å². The highest BCUT2D eigenvalue weighted by atomic mass is 79.9. The maximum absolute atomic E-state index is 14.2. The van der Waals surface area contributed by atoms with Crippen LogP contribution in [0, 0.1) is 12.7 Å². The summed E-state index contributed by atoms with van der Waals surface area (Å²) in [6.45, 7) is 2.05. The van der Waals surface area contributed by atoms with Crippen LogP contribution in [0.3, 0.4) is 0 Å². The van der Waals surface area contributed by atoms with Gasteiger partial charge in [-0.1, -0.05) is 47.5 Å². The number of benzene rings is 2. The minimum absolute atomic E-state index is 0.0862. The van der Waals surface area contributed by atoms with E-state index in [0.29, 0.717) is 16.5 Å². The first-order valence-corrected chi connectivity index (χ1v) is 7.85. The number of nitrogens with two attached hydrogens (primary N) is 1. The maximum atomic E-state index is 14.2. The Morgan fingerprint density at radius 2 is 1.90 bits per heavy atom. The molecule has 2 aromatic carbocycles. The van der Waals surface area contributed by atoms with Crippen LogP contribution in [0.4, 0.5) is 4.39 Å². The molecule has 0 saturated carbocycles. The van der Waals surface area contributed by atoms with Crippen molar-refractivity contribution >= 4 is 27.5 Å². The molecule has 1 atom stereocenters. The average Bonchev–Trinajstić information content (AvgIpc) is 2.49. The number of rotatable bonds is 5. The van der Waals surface area contributed by atoms with E-state index in [9.17, 15) is 4.39 Å². The zero-order valence-corrected chi connectivity index (χ0v) is 14.0. The lowest BCUT2D eigenvalue weighted by Gasteiger charge is -2.18. The van der Waals surface area contributed by atoms with Gasteiger partial charge < -0.3 is 0 Å². The van der Waals surface area contributed by atoms with E-state index in [4.69, 9.17) is 17.4 Å². The number of hydrogen-bond donors (Lipinski definition) is 2. The molecule has 0 radical (unpaired) electrons. The first kappa shape index (κ1) is 16.4. The van der Waals surface area contributed by atoms with Gasteiger partial charge in [-0.3, -0.25) is 11.3 Å². The molecule has 21 heavy (non-hydrogen) atoms. The van der Waals surface area contributed by atoms with E-state index in [1.54, 1.807) is 12.1 Å². The summed E-state index contributed by atoms with van der Waals surface area (Å²) >= 11 is 9.14. The van der Waals surface area contributed by atoms with Crippen molar-refractivity contribution < 1.29 is 4.39 Å². The van der Waals surface area contributed by atoms with E-state index in [-0.39, 0.29) is 11.1 Å². The first-order chi connectivity index (χ1) is 10.0. The fourth-order valence-electron chi connectivity index (χ4n) is 2.20. The summed E-state index contributed by atoms with van der Waals surface area (Å²) in [5.41, 5.74) is 5.58. The van der Waals surface area contributed by atoms with Crippen molar-refractivity contribution in [2.24, 2.45) is 5.84 Å². The molecule has 0 saturated heterocycles. The molecule has 0 aromatic heterocycles. The molecule has 0 aliphatic carbocycles. The third-order valence-corrected chi connectivity index (χ3v) is 4.74. The number of hydrogen-bond acceptors (Lipinski definition) is 2. The Morgan fingerprint density at radius 3 is 2.52 bits per heavy atom. The van der Waals surface area contributed by atoms with E-state index in [0.717, 1.165) is 6.42 Å². The topological polar surface area (TPSA) is 38.0 Å². The summed E-state index contributed by atoms with van der Waals surface area (Å²) in [5, 5.41) is 0.0862. The van der Waals surface area contributed by atoms with Crippen LogP contribution in [-0.2, 0) is 6.42 Å². The van der Waals surface area contributed by atoms with Crippen LogP contribution >= 0.6 is 27.5 Å². The first-order valence-electron chi connectivity index (χ1n) is 6.68. The van der Waals surface area contributed by atoms with Crippen LogP contribution in [0.15, 0.2) is 40.9 Å². The van der Waals surface area contributed by atoms with Crippen LogP contribution in [0.5, 0.6) is 0 Å². The molecule has 2 aromatic rings. The summed E-state index contributed by atoms with van der Waals surface area (Å²) in [5.74, 6) is 5.15. The van der Waals surface area contributed by atoms with Crippen molar-refractivity contribution in [1.82, 2.24) is 5.43 Å². The Kier molecular flexibility index (Phi) is 5.76. The third-order valence-electron chi connectivity index (χ3n) is 3.48. The number of halogens is 3. The molecular weight excluding hydrogens is 355 g/mol. The smallest absolute Gasteiger partial charge is 0.147 e. The molecule has 112 valence electrons. The van der Waals surface area contributed by atoms with Crippen LogP contribution in [-0.4, -0.2) is 0 Å².